The molecule has 0 spiro atoms. The first-order valence-corrected chi connectivity index (χ1v) is 5.95. The summed E-state index contributed by atoms with van der Waals surface area (Å²) in [5.74, 6) is 0.432. The van der Waals surface area contributed by atoms with E-state index in [-0.39, 0.29) is 5.78 Å². The maximum Gasteiger partial charge on any atom is 0.198 e. The Morgan fingerprint density at radius 2 is 1.72 bits per heavy atom. The molecule has 2 aromatic carbocycles. The first kappa shape index (κ1) is 12.7. The number of ether oxygens (including phenoxy) is 1. The molecule has 0 aromatic heterocycles. The molecular formula is C15H13ClO2. The third-order valence-electron chi connectivity index (χ3n) is 2.79. The van der Waals surface area contributed by atoms with Crippen LogP contribution in [-0.2, 0) is 0 Å². The molecule has 0 aliphatic carbocycles. The molecule has 0 aliphatic rings. The standard InChI is InChI=1S/C15H13ClO2/c1-10-6-5-8-12(14(10)16)15(17)11-7-3-4-9-13(11)18-2/h3-9H,1-2H3. The van der Waals surface area contributed by atoms with Crippen molar-refractivity contribution in [3.63, 3.8) is 0 Å². The van der Waals surface area contributed by atoms with E-state index in [0.29, 0.717) is 21.9 Å². The lowest BCUT2D eigenvalue weighted by Crippen LogP contribution is -2.05. The predicted molar refractivity (Wildman–Crippen MR) is 72.6 cm³/mol. The van der Waals surface area contributed by atoms with Gasteiger partial charge in [-0.2, -0.15) is 0 Å². The quantitative estimate of drug-likeness (QED) is 0.783. The summed E-state index contributed by atoms with van der Waals surface area (Å²) in [5.41, 5.74) is 1.91. The van der Waals surface area contributed by atoms with Gasteiger partial charge in [0.2, 0.25) is 0 Å². The average molecular weight is 261 g/mol. The van der Waals surface area contributed by atoms with Crippen LogP contribution in [0.25, 0.3) is 0 Å². The number of hydrogen-bond acceptors (Lipinski definition) is 2. The Morgan fingerprint density at radius 3 is 2.44 bits per heavy atom. The first-order valence-electron chi connectivity index (χ1n) is 5.58. The third-order valence-corrected chi connectivity index (χ3v) is 3.29. The fourth-order valence-electron chi connectivity index (χ4n) is 1.80. The van der Waals surface area contributed by atoms with Gasteiger partial charge in [0.1, 0.15) is 5.75 Å². The lowest BCUT2D eigenvalue weighted by atomic mass is 10.0. The Morgan fingerprint density at radius 1 is 1.06 bits per heavy atom. The van der Waals surface area contributed by atoms with E-state index in [9.17, 15) is 4.79 Å². The van der Waals surface area contributed by atoms with Gasteiger partial charge in [0, 0.05) is 5.56 Å². The lowest BCUT2D eigenvalue weighted by molar-refractivity contribution is 0.103. The zero-order valence-electron chi connectivity index (χ0n) is 10.2. The van der Waals surface area contributed by atoms with Gasteiger partial charge >= 0.3 is 0 Å². The molecule has 0 radical (unpaired) electrons. The highest BCUT2D eigenvalue weighted by Crippen LogP contribution is 2.26. The molecule has 18 heavy (non-hydrogen) atoms. The minimum atomic E-state index is -0.124. The summed E-state index contributed by atoms with van der Waals surface area (Å²) < 4.78 is 5.19. The van der Waals surface area contributed by atoms with Crippen LogP contribution in [0.2, 0.25) is 5.02 Å². The van der Waals surface area contributed by atoms with Crippen molar-refractivity contribution >= 4 is 17.4 Å². The lowest BCUT2D eigenvalue weighted by Gasteiger charge is -2.09. The summed E-state index contributed by atoms with van der Waals surface area (Å²) >= 11 is 6.17. The third kappa shape index (κ3) is 2.24. The molecule has 0 N–H and O–H groups in total. The fourth-order valence-corrected chi connectivity index (χ4v) is 2.01. The maximum absolute atomic E-state index is 12.4. The van der Waals surface area contributed by atoms with Gasteiger partial charge in [-0.3, -0.25) is 4.79 Å². The number of para-hydroxylation sites is 1. The van der Waals surface area contributed by atoms with Crippen LogP contribution in [0.4, 0.5) is 0 Å². The topological polar surface area (TPSA) is 26.3 Å². The Hall–Kier alpha value is -1.80. The second-order valence-corrected chi connectivity index (χ2v) is 4.34. The molecule has 0 bridgehead atoms. The number of halogens is 1. The van der Waals surface area contributed by atoms with Crippen molar-refractivity contribution in [1.29, 1.82) is 0 Å². The number of rotatable bonds is 3. The molecule has 2 aromatic rings. The number of aryl methyl sites for hydroxylation is 1. The smallest absolute Gasteiger partial charge is 0.198 e. The van der Waals surface area contributed by atoms with E-state index in [1.807, 2.05) is 25.1 Å². The molecule has 0 heterocycles. The Labute approximate surface area is 111 Å². The monoisotopic (exact) mass is 260 g/mol. The molecule has 2 rings (SSSR count). The van der Waals surface area contributed by atoms with Gasteiger partial charge < -0.3 is 4.74 Å². The van der Waals surface area contributed by atoms with E-state index < -0.39 is 0 Å². The van der Waals surface area contributed by atoms with E-state index in [4.69, 9.17) is 16.3 Å². The Kier molecular flexibility index (Phi) is 3.68. The van der Waals surface area contributed by atoms with Crippen LogP contribution in [0.3, 0.4) is 0 Å². The zero-order chi connectivity index (χ0) is 13.1. The van der Waals surface area contributed by atoms with Gasteiger partial charge in [-0.1, -0.05) is 35.9 Å². The largest absolute Gasteiger partial charge is 0.496 e. The van der Waals surface area contributed by atoms with Gasteiger partial charge in [0.25, 0.3) is 0 Å². The molecule has 0 saturated heterocycles. The van der Waals surface area contributed by atoms with Crippen molar-refractivity contribution in [3.05, 3.63) is 64.2 Å². The zero-order valence-corrected chi connectivity index (χ0v) is 11.0. The van der Waals surface area contributed by atoms with E-state index in [1.54, 1.807) is 31.4 Å². The second kappa shape index (κ2) is 5.23. The van der Waals surface area contributed by atoms with Crippen molar-refractivity contribution in [2.24, 2.45) is 0 Å². The summed E-state index contributed by atoms with van der Waals surface area (Å²) in [6, 6.07) is 12.6. The number of carbonyl (C=O) groups excluding carboxylic acids is 1. The number of methoxy groups -OCH3 is 1. The van der Waals surface area contributed by atoms with Gasteiger partial charge in [0.15, 0.2) is 5.78 Å². The highest BCUT2D eigenvalue weighted by atomic mass is 35.5. The van der Waals surface area contributed by atoms with Crippen molar-refractivity contribution in [3.8, 4) is 5.75 Å². The fraction of sp³-hybridized carbons (Fsp3) is 0.133. The van der Waals surface area contributed by atoms with Gasteiger partial charge in [-0.25, -0.2) is 0 Å². The van der Waals surface area contributed by atoms with Crippen molar-refractivity contribution in [2.45, 2.75) is 6.92 Å². The molecule has 0 amide bonds. The summed E-state index contributed by atoms with van der Waals surface area (Å²) in [5, 5.41) is 0.494. The molecule has 2 nitrogen and oxygen atoms in total. The van der Waals surface area contributed by atoms with E-state index in [0.717, 1.165) is 5.56 Å². The SMILES string of the molecule is COc1ccccc1C(=O)c1cccc(C)c1Cl. The molecule has 0 atom stereocenters. The Balaban J connectivity index is 2.52. The summed E-state index contributed by atoms with van der Waals surface area (Å²) in [4.78, 5) is 12.4. The molecule has 92 valence electrons. The minimum Gasteiger partial charge on any atom is -0.496 e. The number of benzene rings is 2. The van der Waals surface area contributed by atoms with Crippen molar-refractivity contribution in [2.75, 3.05) is 7.11 Å². The predicted octanol–water partition coefficient (Wildman–Crippen LogP) is 3.89. The normalized spacial score (nSPS) is 10.2. The highest BCUT2D eigenvalue weighted by molar-refractivity contribution is 6.35. The number of carbonyl (C=O) groups is 1. The van der Waals surface area contributed by atoms with Gasteiger partial charge in [0.05, 0.1) is 17.7 Å². The van der Waals surface area contributed by atoms with Gasteiger partial charge in [-0.15, -0.1) is 0 Å². The van der Waals surface area contributed by atoms with E-state index in [1.165, 1.54) is 0 Å². The van der Waals surface area contributed by atoms with E-state index >= 15 is 0 Å². The molecule has 0 fully saturated rings. The molecule has 0 saturated carbocycles. The Bertz CT molecular complexity index is 591. The molecule has 3 heteroatoms. The van der Waals surface area contributed by atoms with Crippen LogP contribution in [0.1, 0.15) is 21.5 Å². The number of ketones is 1. The second-order valence-electron chi connectivity index (χ2n) is 3.97. The molecule has 0 aliphatic heterocycles. The van der Waals surface area contributed by atoms with Crippen molar-refractivity contribution in [1.82, 2.24) is 0 Å². The highest BCUT2D eigenvalue weighted by Gasteiger charge is 2.17. The van der Waals surface area contributed by atoms with Crippen LogP contribution >= 0.6 is 11.6 Å². The van der Waals surface area contributed by atoms with Crippen LogP contribution < -0.4 is 4.74 Å². The summed E-state index contributed by atoms with van der Waals surface area (Å²) in [6.45, 7) is 1.88. The molecule has 0 unspecified atom stereocenters. The number of hydrogen-bond donors (Lipinski definition) is 0. The van der Waals surface area contributed by atoms with Crippen LogP contribution in [-0.4, -0.2) is 12.9 Å². The van der Waals surface area contributed by atoms with E-state index in [2.05, 4.69) is 0 Å². The summed E-state index contributed by atoms with van der Waals surface area (Å²) in [7, 11) is 1.55. The minimum absolute atomic E-state index is 0.124. The van der Waals surface area contributed by atoms with Crippen LogP contribution in [0.15, 0.2) is 42.5 Å². The average Bonchev–Trinajstić information content (AvgIpc) is 2.41. The maximum atomic E-state index is 12.4. The van der Waals surface area contributed by atoms with Crippen molar-refractivity contribution < 1.29 is 9.53 Å². The van der Waals surface area contributed by atoms with Crippen LogP contribution in [0, 0.1) is 6.92 Å². The van der Waals surface area contributed by atoms with Crippen LogP contribution in [0.5, 0.6) is 5.75 Å². The summed E-state index contributed by atoms with van der Waals surface area (Å²) in [6.07, 6.45) is 0. The first-order chi connectivity index (χ1) is 8.65. The van der Waals surface area contributed by atoms with Gasteiger partial charge in [-0.05, 0) is 30.7 Å². The molecular weight excluding hydrogens is 248 g/mol.